The molecule has 12 heteroatoms. The predicted molar refractivity (Wildman–Crippen MR) is 130 cm³/mol. The van der Waals surface area contributed by atoms with Gasteiger partial charge in [-0.1, -0.05) is 47.2 Å². The maximum absolute atomic E-state index is 14.1. The van der Waals surface area contributed by atoms with E-state index >= 15 is 0 Å². The smallest absolute Gasteiger partial charge is 0.434 e. The first-order valence-corrected chi connectivity index (χ1v) is 12.0. The number of rotatable bonds is 5. The van der Waals surface area contributed by atoms with Gasteiger partial charge >= 0.3 is 18.1 Å². The van der Waals surface area contributed by atoms with Crippen LogP contribution in [0.25, 0.3) is 6.08 Å². The Kier molecular flexibility index (Phi) is 7.37. The third-order valence-corrected chi connectivity index (χ3v) is 6.46. The average Bonchev–Trinajstić information content (AvgIpc) is 3.14. The number of aromatic nitrogens is 1. The van der Waals surface area contributed by atoms with Crippen molar-refractivity contribution in [2.45, 2.75) is 26.1 Å². The van der Waals surface area contributed by atoms with E-state index in [1.165, 1.54) is 56.3 Å². The lowest BCUT2D eigenvalue weighted by Crippen LogP contribution is -2.41. The van der Waals surface area contributed by atoms with Crippen molar-refractivity contribution in [2.75, 3.05) is 6.61 Å². The molecule has 0 aliphatic carbocycles. The Labute approximate surface area is 216 Å². The minimum absolute atomic E-state index is 0.0876. The fraction of sp³-hybridized carbons (Fsp3) is 0.200. The molecule has 192 valence electrons. The fourth-order valence-corrected chi connectivity index (χ4v) is 4.88. The molecule has 7 nitrogen and oxygen atoms in total. The Morgan fingerprint density at radius 1 is 1.14 bits per heavy atom. The highest BCUT2D eigenvalue weighted by atomic mass is 35.5. The van der Waals surface area contributed by atoms with Crippen LogP contribution in [0.2, 0.25) is 5.02 Å². The van der Waals surface area contributed by atoms with Gasteiger partial charge in [0.15, 0.2) is 10.5 Å². The zero-order valence-electron chi connectivity index (χ0n) is 19.3. The molecule has 0 fully saturated rings. The quantitative estimate of drug-likeness (QED) is 0.355. The Morgan fingerprint density at radius 2 is 1.78 bits per heavy atom. The molecule has 37 heavy (non-hydrogen) atoms. The molecule has 1 atom stereocenters. The van der Waals surface area contributed by atoms with Crippen molar-refractivity contribution < 1.29 is 32.2 Å². The monoisotopic (exact) mass is 550 g/mol. The lowest BCUT2D eigenvalue weighted by Gasteiger charge is -2.26. The van der Waals surface area contributed by atoms with Crippen LogP contribution in [0.4, 0.5) is 13.2 Å². The van der Waals surface area contributed by atoms with E-state index in [1.807, 2.05) is 0 Å². The number of thiazole rings is 1. The van der Waals surface area contributed by atoms with Crippen molar-refractivity contribution >= 4 is 41.0 Å². The van der Waals surface area contributed by atoms with Crippen molar-refractivity contribution in [1.29, 1.82) is 0 Å². The molecule has 0 saturated heterocycles. The third kappa shape index (κ3) is 5.52. The number of esters is 2. The van der Waals surface area contributed by atoms with Crippen LogP contribution in [0.3, 0.4) is 0 Å². The number of hydrogen-bond donors (Lipinski definition) is 0. The van der Waals surface area contributed by atoms with Crippen LogP contribution in [0, 0.1) is 0 Å². The molecule has 1 aliphatic rings. The van der Waals surface area contributed by atoms with Gasteiger partial charge in [0.2, 0.25) is 0 Å². The van der Waals surface area contributed by atoms with Crippen LogP contribution in [-0.2, 0) is 14.3 Å². The summed E-state index contributed by atoms with van der Waals surface area (Å²) in [5.74, 6) is -1.43. The normalized spacial score (nSPS) is 15.7. The number of nitrogens with zero attached hydrogens (tertiary/aromatic N) is 2. The van der Waals surface area contributed by atoms with Gasteiger partial charge < -0.3 is 9.47 Å². The summed E-state index contributed by atoms with van der Waals surface area (Å²) in [7, 11) is 0. The molecule has 0 unspecified atom stereocenters. The molecule has 1 aliphatic heterocycles. The largest absolute Gasteiger partial charge is 0.463 e. The van der Waals surface area contributed by atoms with E-state index in [-0.39, 0.29) is 21.5 Å². The van der Waals surface area contributed by atoms with Crippen LogP contribution < -0.4 is 19.6 Å². The summed E-state index contributed by atoms with van der Waals surface area (Å²) >= 11 is 6.71. The molecular formula is C25H18ClF3N2O5S. The van der Waals surface area contributed by atoms with Crippen LogP contribution in [0.1, 0.15) is 31.0 Å². The lowest BCUT2D eigenvalue weighted by molar-refractivity contribution is -0.140. The predicted octanol–water partition coefficient (Wildman–Crippen LogP) is 3.92. The summed E-state index contributed by atoms with van der Waals surface area (Å²) in [6.07, 6.45) is -3.52. The number of ether oxygens (including phenoxy) is 2. The molecule has 0 spiro atoms. The van der Waals surface area contributed by atoms with Crippen molar-refractivity contribution in [3.05, 3.63) is 95.6 Å². The summed E-state index contributed by atoms with van der Waals surface area (Å²) in [6.45, 7) is 2.55. The molecule has 0 amide bonds. The highest BCUT2D eigenvalue weighted by molar-refractivity contribution is 7.07. The van der Waals surface area contributed by atoms with E-state index in [2.05, 4.69) is 4.99 Å². The second kappa shape index (κ2) is 10.3. The van der Waals surface area contributed by atoms with Crippen molar-refractivity contribution in [1.82, 2.24) is 4.57 Å². The van der Waals surface area contributed by atoms with Crippen LogP contribution in [0.15, 0.2) is 69.6 Å². The Bertz CT molecular complexity index is 1570. The van der Waals surface area contributed by atoms with Gasteiger partial charge in [0, 0.05) is 11.9 Å². The van der Waals surface area contributed by atoms with Gasteiger partial charge in [0.1, 0.15) is 5.75 Å². The summed E-state index contributed by atoms with van der Waals surface area (Å²) < 4.78 is 53.4. The highest BCUT2D eigenvalue weighted by Gasteiger charge is 2.45. The van der Waals surface area contributed by atoms with Gasteiger partial charge in [0.05, 0.1) is 22.8 Å². The first-order chi connectivity index (χ1) is 17.5. The zero-order valence-corrected chi connectivity index (χ0v) is 20.9. The van der Waals surface area contributed by atoms with Crippen LogP contribution in [-0.4, -0.2) is 29.3 Å². The van der Waals surface area contributed by atoms with Crippen LogP contribution in [0.5, 0.6) is 5.75 Å². The molecule has 1 aromatic heterocycles. The first-order valence-electron chi connectivity index (χ1n) is 10.8. The lowest BCUT2D eigenvalue weighted by atomic mass is 9.95. The number of halogens is 4. The van der Waals surface area contributed by atoms with Gasteiger partial charge in [-0.3, -0.25) is 14.2 Å². The zero-order chi connectivity index (χ0) is 26.9. The minimum Gasteiger partial charge on any atom is -0.463 e. The molecule has 0 N–H and O–H groups in total. The second-order valence-corrected chi connectivity index (χ2v) is 9.22. The number of hydrogen-bond acceptors (Lipinski definition) is 7. The number of benzene rings is 2. The van der Waals surface area contributed by atoms with E-state index in [0.29, 0.717) is 16.3 Å². The van der Waals surface area contributed by atoms with Gasteiger partial charge in [0.25, 0.3) is 5.56 Å². The SMILES string of the molecule is CCOC(=O)C1=C(C(F)(F)F)N=c2s/c(=C\c3ccc(OC(C)=O)cc3)c(=O)n2[C@H]1c1ccc(Cl)cc1. The Morgan fingerprint density at radius 3 is 2.35 bits per heavy atom. The van der Waals surface area contributed by atoms with Gasteiger partial charge in [-0.05, 0) is 48.4 Å². The van der Waals surface area contributed by atoms with Gasteiger partial charge in [-0.2, -0.15) is 13.2 Å². The number of carbonyl (C=O) groups is 2. The van der Waals surface area contributed by atoms with Crippen molar-refractivity contribution in [3.63, 3.8) is 0 Å². The van der Waals surface area contributed by atoms with Crippen molar-refractivity contribution in [2.24, 2.45) is 4.99 Å². The summed E-state index contributed by atoms with van der Waals surface area (Å²) in [5.41, 5.74) is -2.10. The Balaban J connectivity index is 1.95. The van der Waals surface area contributed by atoms with E-state index in [1.54, 1.807) is 12.1 Å². The molecule has 2 aromatic carbocycles. The average molecular weight is 551 g/mol. The second-order valence-electron chi connectivity index (χ2n) is 7.78. The van der Waals surface area contributed by atoms with Gasteiger partial charge in [-0.25, -0.2) is 9.79 Å². The number of carbonyl (C=O) groups excluding carboxylic acids is 2. The highest BCUT2D eigenvalue weighted by Crippen LogP contribution is 2.38. The topological polar surface area (TPSA) is 87.0 Å². The molecule has 0 saturated carbocycles. The van der Waals surface area contributed by atoms with E-state index in [0.717, 1.165) is 15.9 Å². The van der Waals surface area contributed by atoms with Crippen LogP contribution >= 0.6 is 22.9 Å². The maximum atomic E-state index is 14.1. The van der Waals surface area contributed by atoms with E-state index in [9.17, 15) is 27.6 Å². The third-order valence-electron chi connectivity index (χ3n) is 5.22. The Hall–Kier alpha value is -3.70. The summed E-state index contributed by atoms with van der Waals surface area (Å²) in [6, 6.07) is 10.5. The summed E-state index contributed by atoms with van der Waals surface area (Å²) in [5, 5.41) is 0.325. The van der Waals surface area contributed by atoms with Gasteiger partial charge in [-0.15, -0.1) is 0 Å². The number of allylic oxidation sites excluding steroid dienone is 1. The fourth-order valence-electron chi connectivity index (χ4n) is 3.75. The standard InChI is InChI=1S/C25H18ClF3N2O5S/c1-3-35-23(34)19-20(15-6-8-16(26)9-7-15)31-22(33)18(37-24(31)30-21(19)25(27,28)29)12-14-4-10-17(11-5-14)36-13(2)32/h4-12,20H,3H2,1-2H3/b18-12-/t20-/m0/s1. The van der Waals surface area contributed by atoms with Crippen molar-refractivity contribution in [3.8, 4) is 5.75 Å². The molecule has 0 radical (unpaired) electrons. The number of alkyl halides is 3. The van der Waals surface area contributed by atoms with E-state index in [4.69, 9.17) is 21.1 Å². The van der Waals surface area contributed by atoms with E-state index < -0.39 is 41.0 Å². The first kappa shape index (κ1) is 26.4. The molecule has 4 rings (SSSR count). The molecule has 0 bridgehead atoms. The summed E-state index contributed by atoms with van der Waals surface area (Å²) in [4.78, 5) is 40.9. The molecule has 3 aromatic rings. The minimum atomic E-state index is -4.99. The molecule has 2 heterocycles. The molecular weight excluding hydrogens is 533 g/mol. The number of fused-ring (bicyclic) bond motifs is 1. The maximum Gasteiger partial charge on any atom is 0.434 e.